The third-order valence-electron chi connectivity index (χ3n) is 4.78. The second kappa shape index (κ2) is 7.51. The first-order chi connectivity index (χ1) is 11.7. The monoisotopic (exact) mass is 328 g/mol. The summed E-state index contributed by atoms with van der Waals surface area (Å²) in [5.74, 6) is 1.02. The fourth-order valence-corrected chi connectivity index (χ4v) is 3.43. The second-order valence-corrected chi connectivity index (χ2v) is 6.49. The molecule has 3 rings (SSSR count). The maximum absolute atomic E-state index is 12.4. The van der Waals surface area contributed by atoms with Gasteiger partial charge in [-0.3, -0.25) is 9.59 Å². The smallest absolute Gasteiger partial charge is 0.261 e. The van der Waals surface area contributed by atoms with E-state index in [0.29, 0.717) is 25.4 Å². The fraction of sp³-hybridized carbons (Fsp3) is 0.474. The summed E-state index contributed by atoms with van der Waals surface area (Å²) < 4.78 is 5.82. The number of fused-ring (bicyclic) bond motifs is 1. The summed E-state index contributed by atoms with van der Waals surface area (Å²) in [5.41, 5.74) is 1.16. The number of ether oxygens (including phenoxy) is 1. The van der Waals surface area contributed by atoms with Crippen LogP contribution in [0.2, 0.25) is 0 Å². The van der Waals surface area contributed by atoms with Gasteiger partial charge in [0.2, 0.25) is 5.91 Å². The standard InChI is InChI=1S/C19H24N2O3/c1-2-18(22)21-11-5-6-14(13-21)12-20-19(23)17-10-9-15-7-3-4-8-16(15)24-17/h2-4,7-8,14,17H,1,5-6,9-13H2,(H,20,23)/t14-,17?/m0/s1. The molecule has 1 saturated heterocycles. The van der Waals surface area contributed by atoms with Crippen LogP contribution in [0, 0.1) is 5.92 Å². The SMILES string of the molecule is C=CC(=O)N1CCC[C@@H](CNC(=O)C2CCc3ccccc3O2)C1. The van der Waals surface area contributed by atoms with Crippen molar-refractivity contribution in [3.63, 3.8) is 0 Å². The summed E-state index contributed by atoms with van der Waals surface area (Å²) in [6.07, 6.45) is 4.49. The van der Waals surface area contributed by atoms with Crippen molar-refractivity contribution in [3.8, 4) is 5.75 Å². The summed E-state index contributed by atoms with van der Waals surface area (Å²) in [6.45, 7) is 5.58. The van der Waals surface area contributed by atoms with Crippen molar-refractivity contribution >= 4 is 11.8 Å². The largest absolute Gasteiger partial charge is 0.480 e. The fourth-order valence-electron chi connectivity index (χ4n) is 3.43. The number of hydrogen-bond acceptors (Lipinski definition) is 3. The van der Waals surface area contributed by atoms with Gasteiger partial charge in [0, 0.05) is 19.6 Å². The molecule has 0 saturated carbocycles. The van der Waals surface area contributed by atoms with Crippen LogP contribution in [-0.4, -0.2) is 42.5 Å². The van der Waals surface area contributed by atoms with E-state index in [0.717, 1.165) is 37.1 Å². The molecule has 2 atom stereocenters. The lowest BCUT2D eigenvalue weighted by atomic mass is 9.97. The van der Waals surface area contributed by atoms with Gasteiger partial charge in [-0.1, -0.05) is 24.8 Å². The van der Waals surface area contributed by atoms with Gasteiger partial charge in [0.05, 0.1) is 0 Å². The van der Waals surface area contributed by atoms with E-state index in [-0.39, 0.29) is 11.8 Å². The zero-order valence-corrected chi connectivity index (χ0v) is 13.9. The zero-order valence-electron chi connectivity index (χ0n) is 13.9. The van der Waals surface area contributed by atoms with Crippen LogP contribution < -0.4 is 10.1 Å². The topological polar surface area (TPSA) is 58.6 Å². The van der Waals surface area contributed by atoms with Crippen LogP contribution in [0.5, 0.6) is 5.75 Å². The van der Waals surface area contributed by atoms with Crippen molar-refractivity contribution in [3.05, 3.63) is 42.5 Å². The molecule has 0 radical (unpaired) electrons. The highest BCUT2D eigenvalue weighted by molar-refractivity contribution is 5.87. The van der Waals surface area contributed by atoms with Gasteiger partial charge in [0.25, 0.3) is 5.91 Å². The number of carbonyl (C=O) groups excluding carboxylic acids is 2. The molecular weight excluding hydrogens is 304 g/mol. The van der Waals surface area contributed by atoms with Crippen molar-refractivity contribution in [1.82, 2.24) is 10.2 Å². The number of likely N-dealkylation sites (tertiary alicyclic amines) is 1. The molecule has 0 aromatic heterocycles. The summed E-state index contributed by atoms with van der Waals surface area (Å²) in [5, 5.41) is 3.00. The Kier molecular flexibility index (Phi) is 5.18. The Morgan fingerprint density at radius 3 is 3.00 bits per heavy atom. The summed E-state index contributed by atoms with van der Waals surface area (Å²) in [4.78, 5) is 25.9. The predicted molar refractivity (Wildman–Crippen MR) is 91.7 cm³/mol. The number of benzene rings is 1. The highest BCUT2D eigenvalue weighted by Gasteiger charge is 2.27. The van der Waals surface area contributed by atoms with E-state index in [9.17, 15) is 9.59 Å². The Balaban J connectivity index is 1.49. The lowest BCUT2D eigenvalue weighted by Crippen LogP contribution is -2.46. The molecule has 24 heavy (non-hydrogen) atoms. The van der Waals surface area contributed by atoms with E-state index in [1.807, 2.05) is 24.3 Å². The highest BCUT2D eigenvalue weighted by atomic mass is 16.5. The molecule has 1 N–H and O–H groups in total. The van der Waals surface area contributed by atoms with Crippen molar-refractivity contribution in [1.29, 1.82) is 0 Å². The van der Waals surface area contributed by atoms with E-state index in [1.54, 1.807) is 4.90 Å². The third kappa shape index (κ3) is 3.78. The Bertz CT molecular complexity index is 629. The lowest BCUT2D eigenvalue weighted by Gasteiger charge is -2.32. The van der Waals surface area contributed by atoms with Crippen LogP contribution in [0.15, 0.2) is 36.9 Å². The predicted octanol–water partition coefficient (Wildman–Crippen LogP) is 1.92. The minimum absolute atomic E-state index is 0.0294. The molecule has 2 amide bonds. The number of nitrogens with one attached hydrogen (secondary N) is 1. The molecule has 2 heterocycles. The first-order valence-electron chi connectivity index (χ1n) is 8.61. The maximum Gasteiger partial charge on any atom is 0.261 e. The Morgan fingerprint density at radius 2 is 2.17 bits per heavy atom. The summed E-state index contributed by atoms with van der Waals surface area (Å²) >= 11 is 0. The van der Waals surface area contributed by atoms with Gasteiger partial charge >= 0.3 is 0 Å². The van der Waals surface area contributed by atoms with Crippen LogP contribution in [0.4, 0.5) is 0 Å². The third-order valence-corrected chi connectivity index (χ3v) is 4.78. The minimum atomic E-state index is -0.422. The molecule has 2 aliphatic heterocycles. The number of para-hydroxylation sites is 1. The molecular formula is C19H24N2O3. The quantitative estimate of drug-likeness (QED) is 0.859. The average molecular weight is 328 g/mol. The van der Waals surface area contributed by atoms with Gasteiger partial charge in [-0.2, -0.15) is 0 Å². The number of rotatable bonds is 4. The van der Waals surface area contributed by atoms with Crippen LogP contribution in [0.3, 0.4) is 0 Å². The van der Waals surface area contributed by atoms with E-state index in [4.69, 9.17) is 4.74 Å². The van der Waals surface area contributed by atoms with Crippen molar-refractivity contribution < 1.29 is 14.3 Å². The molecule has 128 valence electrons. The molecule has 2 aliphatic rings. The lowest BCUT2D eigenvalue weighted by molar-refractivity contribution is -0.129. The number of hydrogen-bond donors (Lipinski definition) is 1. The zero-order chi connectivity index (χ0) is 16.9. The van der Waals surface area contributed by atoms with Gasteiger partial charge in [-0.25, -0.2) is 0 Å². The van der Waals surface area contributed by atoms with Gasteiger partial charge < -0.3 is 15.0 Å². The van der Waals surface area contributed by atoms with E-state index >= 15 is 0 Å². The van der Waals surface area contributed by atoms with Crippen molar-refractivity contribution in [2.24, 2.45) is 5.92 Å². The molecule has 1 unspecified atom stereocenters. The van der Waals surface area contributed by atoms with Crippen molar-refractivity contribution in [2.45, 2.75) is 31.8 Å². The van der Waals surface area contributed by atoms with Gasteiger partial charge in [0.15, 0.2) is 6.10 Å². The molecule has 0 bridgehead atoms. The van der Waals surface area contributed by atoms with Crippen LogP contribution in [0.1, 0.15) is 24.8 Å². The number of piperidine rings is 1. The normalized spacial score (nSPS) is 22.9. The van der Waals surface area contributed by atoms with E-state index < -0.39 is 6.10 Å². The molecule has 5 heteroatoms. The molecule has 0 spiro atoms. The van der Waals surface area contributed by atoms with Crippen LogP contribution in [-0.2, 0) is 16.0 Å². The Labute approximate surface area is 142 Å². The van der Waals surface area contributed by atoms with Gasteiger partial charge in [-0.15, -0.1) is 0 Å². The second-order valence-electron chi connectivity index (χ2n) is 6.49. The number of amides is 2. The van der Waals surface area contributed by atoms with E-state index in [2.05, 4.69) is 11.9 Å². The van der Waals surface area contributed by atoms with Gasteiger partial charge in [-0.05, 0) is 49.3 Å². The molecule has 1 aromatic carbocycles. The first-order valence-corrected chi connectivity index (χ1v) is 8.61. The number of nitrogens with zero attached hydrogens (tertiary/aromatic N) is 1. The number of carbonyl (C=O) groups is 2. The highest BCUT2D eigenvalue weighted by Crippen LogP contribution is 2.27. The Hall–Kier alpha value is -2.30. The molecule has 1 fully saturated rings. The van der Waals surface area contributed by atoms with Crippen molar-refractivity contribution in [2.75, 3.05) is 19.6 Å². The summed E-state index contributed by atoms with van der Waals surface area (Å²) in [6, 6.07) is 7.86. The average Bonchev–Trinajstić information content (AvgIpc) is 2.65. The Morgan fingerprint density at radius 1 is 1.33 bits per heavy atom. The van der Waals surface area contributed by atoms with Gasteiger partial charge in [0.1, 0.15) is 5.75 Å². The minimum Gasteiger partial charge on any atom is -0.480 e. The van der Waals surface area contributed by atoms with Crippen LogP contribution >= 0.6 is 0 Å². The molecule has 0 aliphatic carbocycles. The maximum atomic E-state index is 12.4. The van der Waals surface area contributed by atoms with Crippen LogP contribution in [0.25, 0.3) is 0 Å². The summed E-state index contributed by atoms with van der Waals surface area (Å²) in [7, 11) is 0. The molecule has 5 nitrogen and oxygen atoms in total. The number of aryl methyl sites for hydroxylation is 1. The first kappa shape index (κ1) is 16.6. The van der Waals surface area contributed by atoms with E-state index in [1.165, 1.54) is 6.08 Å². The molecule has 1 aromatic rings.